The normalized spacial score (nSPS) is 24.4. The molecule has 0 amide bonds. The molecule has 0 N–H and O–H groups in total. The molecule has 1 heterocycles. The number of hydrogen-bond acceptors (Lipinski definition) is 0. The van der Waals surface area contributed by atoms with Gasteiger partial charge in [0, 0.05) is 0 Å². The third-order valence-electron chi connectivity index (χ3n) is 2.19. The van der Waals surface area contributed by atoms with Crippen molar-refractivity contribution in [3.05, 3.63) is 11.6 Å². The molecule has 1 heteroatoms. The van der Waals surface area contributed by atoms with Gasteiger partial charge in [-0.3, -0.25) is 0 Å². The van der Waals surface area contributed by atoms with Gasteiger partial charge in [-0.15, -0.1) is 0 Å². The number of hydrogen-bond donors (Lipinski definition) is 0. The van der Waals surface area contributed by atoms with Gasteiger partial charge in [0.15, 0.2) is 0 Å². The zero-order chi connectivity index (χ0) is 8.27. The molecule has 0 saturated carbocycles. The van der Waals surface area contributed by atoms with Crippen LogP contribution >= 0.6 is 7.92 Å². The minimum atomic E-state index is 0.390. The summed E-state index contributed by atoms with van der Waals surface area (Å²) in [6, 6.07) is 0. The van der Waals surface area contributed by atoms with Crippen molar-refractivity contribution in [2.75, 3.05) is 18.5 Å². The van der Waals surface area contributed by atoms with E-state index >= 15 is 0 Å². The van der Waals surface area contributed by atoms with E-state index in [0.717, 1.165) is 5.92 Å². The number of allylic oxidation sites excluding steroid dienone is 2. The summed E-state index contributed by atoms with van der Waals surface area (Å²) in [5.74, 6) is 0.901. The van der Waals surface area contributed by atoms with E-state index in [1.165, 1.54) is 24.9 Å². The molecular formula is C10H19P. The lowest BCUT2D eigenvalue weighted by molar-refractivity contribution is 0.630. The lowest BCUT2D eigenvalue weighted by Crippen LogP contribution is -1.93. The van der Waals surface area contributed by atoms with E-state index in [2.05, 4.69) is 26.8 Å². The first-order valence-electron chi connectivity index (χ1n) is 4.56. The van der Waals surface area contributed by atoms with E-state index in [1.807, 2.05) is 0 Å². The van der Waals surface area contributed by atoms with Crippen LogP contribution in [0.4, 0.5) is 0 Å². The fraction of sp³-hybridized carbons (Fsp3) is 0.800. The van der Waals surface area contributed by atoms with Gasteiger partial charge in [0.2, 0.25) is 0 Å². The molecule has 0 aromatic heterocycles. The first-order chi connectivity index (χ1) is 5.18. The Labute approximate surface area is 71.8 Å². The molecule has 1 aliphatic rings. The molecular weight excluding hydrogens is 151 g/mol. The van der Waals surface area contributed by atoms with E-state index in [-0.39, 0.29) is 0 Å². The minimum Gasteiger partial charge on any atom is -0.0987 e. The van der Waals surface area contributed by atoms with Crippen LogP contribution in [0.2, 0.25) is 0 Å². The summed E-state index contributed by atoms with van der Waals surface area (Å²) in [4.78, 5) is 0. The molecule has 0 aromatic carbocycles. The summed E-state index contributed by atoms with van der Waals surface area (Å²) in [6.07, 6.45) is 8.22. The predicted molar refractivity (Wildman–Crippen MR) is 54.7 cm³/mol. The maximum absolute atomic E-state index is 2.44. The molecule has 0 nitrogen and oxygen atoms in total. The Balaban J connectivity index is 2.11. The molecule has 0 spiro atoms. The van der Waals surface area contributed by atoms with Crippen molar-refractivity contribution < 1.29 is 0 Å². The van der Waals surface area contributed by atoms with Crippen molar-refractivity contribution in [3.8, 4) is 0 Å². The van der Waals surface area contributed by atoms with Crippen LogP contribution in [0.1, 0.15) is 27.2 Å². The fourth-order valence-corrected chi connectivity index (χ4v) is 4.13. The maximum atomic E-state index is 2.44. The molecule has 64 valence electrons. The smallest absolute Gasteiger partial charge is 0.0114 e. The zero-order valence-electron chi connectivity index (χ0n) is 7.93. The monoisotopic (exact) mass is 170 g/mol. The van der Waals surface area contributed by atoms with Gasteiger partial charge in [0.1, 0.15) is 0 Å². The summed E-state index contributed by atoms with van der Waals surface area (Å²) in [7, 11) is 0.390. The SMILES string of the molecule is CC1=CCP(CCC(C)C)C1. The highest BCUT2D eigenvalue weighted by Gasteiger charge is 2.13. The second kappa shape index (κ2) is 4.26. The summed E-state index contributed by atoms with van der Waals surface area (Å²) in [6.45, 7) is 6.93. The highest BCUT2D eigenvalue weighted by Crippen LogP contribution is 2.43. The summed E-state index contributed by atoms with van der Waals surface area (Å²) in [5, 5.41) is 0. The zero-order valence-corrected chi connectivity index (χ0v) is 8.82. The van der Waals surface area contributed by atoms with Crippen LogP contribution in [-0.4, -0.2) is 18.5 Å². The Kier molecular flexibility index (Phi) is 3.59. The van der Waals surface area contributed by atoms with Gasteiger partial charge in [0.25, 0.3) is 0 Å². The summed E-state index contributed by atoms with van der Waals surface area (Å²) >= 11 is 0. The fourth-order valence-electron chi connectivity index (χ4n) is 1.38. The van der Waals surface area contributed by atoms with Crippen LogP contribution in [0.5, 0.6) is 0 Å². The van der Waals surface area contributed by atoms with Crippen molar-refractivity contribution in [1.82, 2.24) is 0 Å². The molecule has 1 rings (SSSR count). The third-order valence-corrected chi connectivity index (χ3v) is 4.73. The van der Waals surface area contributed by atoms with Crippen LogP contribution in [-0.2, 0) is 0 Å². The van der Waals surface area contributed by atoms with Crippen LogP contribution in [0.25, 0.3) is 0 Å². The molecule has 1 aliphatic heterocycles. The van der Waals surface area contributed by atoms with Crippen molar-refractivity contribution in [2.24, 2.45) is 5.92 Å². The summed E-state index contributed by atoms with van der Waals surface area (Å²) < 4.78 is 0. The highest BCUT2D eigenvalue weighted by atomic mass is 31.1. The van der Waals surface area contributed by atoms with Crippen LogP contribution in [0, 0.1) is 5.92 Å². The van der Waals surface area contributed by atoms with Gasteiger partial charge < -0.3 is 0 Å². The van der Waals surface area contributed by atoms with Crippen LogP contribution < -0.4 is 0 Å². The predicted octanol–water partition coefficient (Wildman–Crippen LogP) is 3.47. The molecule has 0 aromatic rings. The Morgan fingerprint density at radius 2 is 2.27 bits per heavy atom. The second-order valence-electron chi connectivity index (χ2n) is 3.97. The molecule has 0 saturated heterocycles. The molecule has 11 heavy (non-hydrogen) atoms. The van der Waals surface area contributed by atoms with Crippen LogP contribution in [0.15, 0.2) is 11.6 Å². The quantitative estimate of drug-likeness (QED) is 0.449. The van der Waals surface area contributed by atoms with Gasteiger partial charge in [-0.05, 0) is 37.7 Å². The molecule has 1 unspecified atom stereocenters. The molecule has 0 radical (unpaired) electrons. The topological polar surface area (TPSA) is 0 Å². The lowest BCUT2D eigenvalue weighted by atomic mass is 10.2. The Morgan fingerprint density at radius 1 is 1.55 bits per heavy atom. The average molecular weight is 170 g/mol. The average Bonchev–Trinajstić information content (AvgIpc) is 2.31. The van der Waals surface area contributed by atoms with E-state index in [1.54, 1.807) is 5.57 Å². The number of rotatable bonds is 3. The van der Waals surface area contributed by atoms with Crippen molar-refractivity contribution in [2.45, 2.75) is 27.2 Å². The van der Waals surface area contributed by atoms with Gasteiger partial charge in [-0.25, -0.2) is 0 Å². The van der Waals surface area contributed by atoms with E-state index in [4.69, 9.17) is 0 Å². The van der Waals surface area contributed by atoms with E-state index in [9.17, 15) is 0 Å². The second-order valence-corrected chi connectivity index (χ2v) is 6.44. The van der Waals surface area contributed by atoms with Crippen molar-refractivity contribution >= 4 is 7.92 Å². The van der Waals surface area contributed by atoms with E-state index < -0.39 is 0 Å². The Morgan fingerprint density at radius 3 is 2.73 bits per heavy atom. The van der Waals surface area contributed by atoms with Gasteiger partial charge >= 0.3 is 0 Å². The van der Waals surface area contributed by atoms with Crippen LogP contribution in [0.3, 0.4) is 0 Å². The standard InChI is InChI=1S/C10H19P/c1-9(2)4-6-11-7-5-10(3)8-11/h5,9H,4,6-8H2,1-3H3. The van der Waals surface area contributed by atoms with Gasteiger partial charge in [-0.1, -0.05) is 33.4 Å². The largest absolute Gasteiger partial charge is 0.0987 e. The van der Waals surface area contributed by atoms with Gasteiger partial charge in [-0.2, -0.15) is 0 Å². The lowest BCUT2D eigenvalue weighted by Gasteiger charge is -2.11. The minimum absolute atomic E-state index is 0.390. The van der Waals surface area contributed by atoms with E-state index in [0.29, 0.717) is 7.92 Å². The first kappa shape index (κ1) is 9.26. The molecule has 1 atom stereocenters. The first-order valence-corrected chi connectivity index (χ1v) is 6.46. The third kappa shape index (κ3) is 3.38. The Hall–Kier alpha value is 0.170. The molecule has 0 bridgehead atoms. The maximum Gasteiger partial charge on any atom is -0.0114 e. The summed E-state index contributed by atoms with van der Waals surface area (Å²) in [5.41, 5.74) is 1.64. The van der Waals surface area contributed by atoms with Gasteiger partial charge in [0.05, 0.1) is 0 Å². The highest BCUT2D eigenvalue weighted by molar-refractivity contribution is 7.58. The molecule has 0 fully saturated rings. The molecule has 0 aliphatic carbocycles. The van der Waals surface area contributed by atoms with Crippen molar-refractivity contribution in [3.63, 3.8) is 0 Å². The Bertz CT molecular complexity index is 147. The van der Waals surface area contributed by atoms with Crippen molar-refractivity contribution in [1.29, 1.82) is 0 Å².